The van der Waals surface area contributed by atoms with Crippen LogP contribution < -0.4 is 10.6 Å². The van der Waals surface area contributed by atoms with Crippen LogP contribution in [0.5, 0.6) is 0 Å². The summed E-state index contributed by atoms with van der Waals surface area (Å²) in [6.07, 6.45) is 0.841. The van der Waals surface area contributed by atoms with Gasteiger partial charge in [-0.05, 0) is 50.6 Å². The fourth-order valence-corrected chi connectivity index (χ4v) is 2.08. The number of benzene rings is 1. The molecule has 1 heterocycles. The lowest BCUT2D eigenvalue weighted by atomic mass is 10.2. The number of rotatable bonds is 6. The van der Waals surface area contributed by atoms with E-state index in [2.05, 4.69) is 25.3 Å². The van der Waals surface area contributed by atoms with Gasteiger partial charge in [-0.3, -0.25) is 4.79 Å². The molecular weight excluding hydrogens is 320 g/mol. The Bertz CT molecular complexity index is 759. The van der Waals surface area contributed by atoms with Crippen LogP contribution in [0.2, 0.25) is 0 Å². The molecule has 1 aromatic heterocycles. The highest BCUT2D eigenvalue weighted by Crippen LogP contribution is 2.15. The van der Waals surface area contributed by atoms with Gasteiger partial charge in [-0.25, -0.2) is 14.8 Å². The fourth-order valence-electron chi connectivity index (χ4n) is 2.08. The summed E-state index contributed by atoms with van der Waals surface area (Å²) in [6.45, 7) is 5.74. The van der Waals surface area contributed by atoms with Crippen LogP contribution in [0.1, 0.15) is 46.8 Å². The highest BCUT2D eigenvalue weighted by molar-refractivity contribution is 5.93. The minimum atomic E-state index is -0.401. The molecule has 1 amide bonds. The highest BCUT2D eigenvalue weighted by Gasteiger charge is 2.13. The first-order chi connectivity index (χ1) is 11.9. The first kappa shape index (κ1) is 18.4. The van der Waals surface area contributed by atoms with Crippen molar-refractivity contribution in [2.75, 3.05) is 12.4 Å². The quantitative estimate of drug-likeness (QED) is 0.784. The van der Waals surface area contributed by atoms with Gasteiger partial charge in [-0.2, -0.15) is 0 Å². The number of nitrogens with zero attached hydrogens (tertiary/aromatic N) is 2. The molecule has 7 heteroatoms. The molecule has 0 aliphatic heterocycles. The highest BCUT2D eigenvalue weighted by atomic mass is 16.5. The minimum Gasteiger partial charge on any atom is -0.465 e. The average molecular weight is 342 g/mol. The third-order valence-electron chi connectivity index (χ3n) is 3.64. The smallest absolute Gasteiger partial charge is 0.337 e. The number of aromatic nitrogens is 2. The van der Waals surface area contributed by atoms with E-state index in [-0.39, 0.29) is 11.9 Å². The number of esters is 1. The van der Waals surface area contributed by atoms with Gasteiger partial charge in [0.05, 0.1) is 12.7 Å². The maximum Gasteiger partial charge on any atom is 0.337 e. The molecule has 0 radical (unpaired) electrons. The number of anilines is 2. The van der Waals surface area contributed by atoms with Crippen molar-refractivity contribution in [2.24, 2.45) is 0 Å². The molecule has 132 valence electrons. The standard InChI is InChI=1S/C18H22N4O3/c1-5-11(2)19-16(23)15-10-12(3)20-18(22-15)21-14-8-6-13(7-9-14)17(24)25-4/h6-11H,5H2,1-4H3,(H,19,23)(H,20,21,22). The molecule has 2 aromatic rings. The van der Waals surface area contributed by atoms with E-state index in [9.17, 15) is 9.59 Å². The van der Waals surface area contributed by atoms with Gasteiger partial charge in [0.15, 0.2) is 0 Å². The zero-order valence-electron chi connectivity index (χ0n) is 14.8. The van der Waals surface area contributed by atoms with E-state index in [0.29, 0.717) is 28.6 Å². The number of carbonyl (C=O) groups is 2. The second-order valence-corrected chi connectivity index (χ2v) is 5.69. The number of carbonyl (C=O) groups excluding carboxylic acids is 2. The van der Waals surface area contributed by atoms with E-state index >= 15 is 0 Å². The van der Waals surface area contributed by atoms with E-state index in [1.807, 2.05) is 13.8 Å². The molecule has 0 bridgehead atoms. The van der Waals surface area contributed by atoms with Gasteiger partial charge in [0.1, 0.15) is 5.69 Å². The number of amides is 1. The first-order valence-corrected chi connectivity index (χ1v) is 8.05. The summed E-state index contributed by atoms with van der Waals surface area (Å²) in [7, 11) is 1.33. The van der Waals surface area contributed by atoms with Gasteiger partial charge >= 0.3 is 5.97 Å². The Morgan fingerprint density at radius 1 is 1.20 bits per heavy atom. The van der Waals surface area contributed by atoms with E-state index in [4.69, 9.17) is 0 Å². The summed E-state index contributed by atoms with van der Waals surface area (Å²) in [5, 5.41) is 5.92. The topological polar surface area (TPSA) is 93.2 Å². The molecule has 0 aliphatic rings. The lowest BCUT2D eigenvalue weighted by molar-refractivity contribution is 0.0600. The Hall–Kier alpha value is -2.96. The second-order valence-electron chi connectivity index (χ2n) is 5.69. The fraction of sp³-hybridized carbons (Fsp3) is 0.333. The summed E-state index contributed by atoms with van der Waals surface area (Å²) in [5.74, 6) is -0.314. The van der Waals surface area contributed by atoms with Crippen molar-refractivity contribution in [1.29, 1.82) is 0 Å². The van der Waals surface area contributed by atoms with Gasteiger partial charge in [0.2, 0.25) is 5.95 Å². The zero-order chi connectivity index (χ0) is 18.4. The van der Waals surface area contributed by atoms with Crippen molar-refractivity contribution >= 4 is 23.5 Å². The number of hydrogen-bond acceptors (Lipinski definition) is 6. The first-order valence-electron chi connectivity index (χ1n) is 8.05. The molecule has 0 spiro atoms. The Labute approximate surface area is 146 Å². The largest absolute Gasteiger partial charge is 0.465 e. The van der Waals surface area contributed by atoms with Crippen molar-refractivity contribution in [3.8, 4) is 0 Å². The van der Waals surface area contributed by atoms with E-state index in [1.165, 1.54) is 7.11 Å². The van der Waals surface area contributed by atoms with Crippen molar-refractivity contribution in [3.05, 3.63) is 47.3 Å². The SMILES string of the molecule is CCC(C)NC(=O)c1cc(C)nc(Nc2ccc(C(=O)OC)cc2)n1. The average Bonchev–Trinajstić information content (AvgIpc) is 2.61. The Kier molecular flexibility index (Phi) is 6.05. The summed E-state index contributed by atoms with van der Waals surface area (Å²) in [4.78, 5) is 32.2. The second kappa shape index (κ2) is 8.23. The molecular formula is C18H22N4O3. The van der Waals surface area contributed by atoms with E-state index in [1.54, 1.807) is 37.3 Å². The summed E-state index contributed by atoms with van der Waals surface area (Å²) in [6, 6.07) is 8.43. The number of nitrogens with one attached hydrogen (secondary N) is 2. The predicted octanol–water partition coefficient (Wildman–Crippen LogP) is 2.84. The van der Waals surface area contributed by atoms with Crippen LogP contribution in [0.25, 0.3) is 0 Å². The molecule has 25 heavy (non-hydrogen) atoms. The molecule has 2 rings (SSSR count). The number of aryl methyl sites for hydroxylation is 1. The maximum absolute atomic E-state index is 12.2. The normalized spacial score (nSPS) is 11.5. The Balaban J connectivity index is 2.17. The van der Waals surface area contributed by atoms with Crippen LogP contribution in [0.4, 0.5) is 11.6 Å². The summed E-state index contributed by atoms with van der Waals surface area (Å²) in [5.41, 5.74) is 2.14. The molecule has 0 saturated carbocycles. The number of methoxy groups -OCH3 is 1. The van der Waals surface area contributed by atoms with Crippen molar-refractivity contribution < 1.29 is 14.3 Å². The third kappa shape index (κ3) is 5.00. The van der Waals surface area contributed by atoms with E-state index in [0.717, 1.165) is 6.42 Å². The van der Waals surface area contributed by atoms with Gasteiger partial charge < -0.3 is 15.4 Å². The van der Waals surface area contributed by atoms with Gasteiger partial charge in [-0.1, -0.05) is 6.92 Å². The number of hydrogen-bond donors (Lipinski definition) is 2. The molecule has 2 N–H and O–H groups in total. The molecule has 0 saturated heterocycles. The zero-order valence-corrected chi connectivity index (χ0v) is 14.8. The minimum absolute atomic E-state index is 0.0741. The lowest BCUT2D eigenvalue weighted by Crippen LogP contribution is -2.32. The van der Waals surface area contributed by atoms with E-state index < -0.39 is 5.97 Å². The van der Waals surface area contributed by atoms with Gasteiger partial charge in [0, 0.05) is 17.4 Å². The van der Waals surface area contributed by atoms with Crippen LogP contribution in [-0.2, 0) is 4.74 Å². The maximum atomic E-state index is 12.2. The monoisotopic (exact) mass is 342 g/mol. The van der Waals surface area contributed by atoms with Gasteiger partial charge in [-0.15, -0.1) is 0 Å². The molecule has 0 fully saturated rings. The van der Waals surface area contributed by atoms with Crippen LogP contribution in [-0.4, -0.2) is 35.0 Å². The predicted molar refractivity (Wildman–Crippen MR) is 95.1 cm³/mol. The summed E-state index contributed by atoms with van der Waals surface area (Å²) < 4.78 is 4.66. The molecule has 1 aromatic carbocycles. The van der Waals surface area contributed by atoms with Crippen LogP contribution in [0.15, 0.2) is 30.3 Å². The molecule has 1 unspecified atom stereocenters. The van der Waals surface area contributed by atoms with Crippen molar-refractivity contribution in [1.82, 2.24) is 15.3 Å². The molecule has 7 nitrogen and oxygen atoms in total. The Morgan fingerprint density at radius 3 is 2.48 bits per heavy atom. The third-order valence-corrected chi connectivity index (χ3v) is 3.64. The van der Waals surface area contributed by atoms with Crippen molar-refractivity contribution in [3.63, 3.8) is 0 Å². The molecule has 1 atom stereocenters. The summed E-state index contributed by atoms with van der Waals surface area (Å²) >= 11 is 0. The van der Waals surface area contributed by atoms with Crippen LogP contribution in [0, 0.1) is 6.92 Å². The van der Waals surface area contributed by atoms with Crippen LogP contribution >= 0.6 is 0 Å². The lowest BCUT2D eigenvalue weighted by Gasteiger charge is -2.12. The number of ether oxygens (including phenoxy) is 1. The van der Waals surface area contributed by atoms with Gasteiger partial charge in [0.25, 0.3) is 5.91 Å². The van der Waals surface area contributed by atoms with Crippen LogP contribution in [0.3, 0.4) is 0 Å². The molecule has 0 aliphatic carbocycles. The Morgan fingerprint density at radius 2 is 1.88 bits per heavy atom. The van der Waals surface area contributed by atoms with Crippen molar-refractivity contribution in [2.45, 2.75) is 33.2 Å².